The fraction of sp³-hybridized carbons (Fsp3) is 0.300. The average Bonchev–Trinajstić information content (AvgIpc) is 2.67. The highest BCUT2D eigenvalue weighted by Gasteiger charge is 2.16. The highest BCUT2D eigenvalue weighted by molar-refractivity contribution is 5.97. The Balaban J connectivity index is 1.40. The molecule has 3 rings (SSSR count). The molecule has 1 heterocycles. The topological polar surface area (TPSA) is 85.9 Å². The summed E-state index contributed by atoms with van der Waals surface area (Å²) in [6, 6.07) is 12.5. The van der Waals surface area contributed by atoms with Crippen molar-refractivity contribution in [2.24, 2.45) is 0 Å². The lowest BCUT2D eigenvalue weighted by Crippen LogP contribution is -2.25. The summed E-state index contributed by atoms with van der Waals surface area (Å²) in [6.07, 6.45) is 0.933. The maximum atomic E-state index is 12.1. The summed E-state index contributed by atoms with van der Waals surface area (Å²) in [5.41, 5.74) is 1.23. The van der Waals surface area contributed by atoms with Gasteiger partial charge in [0.2, 0.25) is 5.91 Å². The molecule has 0 aromatic heterocycles. The van der Waals surface area contributed by atoms with Crippen molar-refractivity contribution in [2.45, 2.75) is 19.8 Å². The third-order valence-electron chi connectivity index (χ3n) is 3.85. The smallest absolute Gasteiger partial charge is 0.262 e. The molecule has 0 unspecified atom stereocenters. The molecule has 1 aliphatic rings. The van der Waals surface area contributed by atoms with Crippen LogP contribution < -0.4 is 24.8 Å². The first-order chi connectivity index (χ1) is 13.1. The van der Waals surface area contributed by atoms with Crippen molar-refractivity contribution in [3.63, 3.8) is 0 Å². The van der Waals surface area contributed by atoms with Crippen molar-refractivity contribution in [1.29, 1.82) is 0 Å². The monoisotopic (exact) mass is 370 g/mol. The molecule has 2 N–H and O–H groups in total. The molecule has 142 valence electrons. The molecule has 0 fully saturated rings. The maximum Gasteiger partial charge on any atom is 0.262 e. The summed E-state index contributed by atoms with van der Waals surface area (Å²) in [5, 5.41) is 5.53. The Hall–Kier alpha value is -3.22. The fourth-order valence-electron chi connectivity index (χ4n) is 2.60. The number of amides is 2. The molecule has 7 heteroatoms. The number of ether oxygens (including phenoxy) is 3. The second-order valence-corrected chi connectivity index (χ2v) is 5.95. The summed E-state index contributed by atoms with van der Waals surface area (Å²) in [6.45, 7) is 2.98. The lowest BCUT2D eigenvalue weighted by Gasteiger charge is -2.18. The molecule has 0 bridgehead atoms. The van der Waals surface area contributed by atoms with Gasteiger partial charge in [-0.25, -0.2) is 0 Å². The SMILES string of the molecule is CCOc1ccc(OCCCC(=O)Nc2ccc3c(c2)OCC(=O)N3)cc1. The summed E-state index contributed by atoms with van der Waals surface area (Å²) in [7, 11) is 0. The van der Waals surface area contributed by atoms with Crippen LogP contribution in [0.25, 0.3) is 0 Å². The second-order valence-electron chi connectivity index (χ2n) is 5.95. The standard InChI is InChI=1S/C20H22N2O5/c1-2-25-15-6-8-16(9-7-15)26-11-3-4-19(23)21-14-5-10-17-18(12-14)27-13-20(24)22-17/h5-10,12H,2-4,11,13H2,1H3,(H,21,23)(H,22,24). The lowest BCUT2D eigenvalue weighted by atomic mass is 10.2. The van der Waals surface area contributed by atoms with E-state index in [0.29, 0.717) is 43.2 Å². The summed E-state index contributed by atoms with van der Waals surface area (Å²) < 4.78 is 16.3. The number of rotatable bonds is 8. The molecule has 0 radical (unpaired) electrons. The van der Waals surface area contributed by atoms with Gasteiger partial charge in [-0.15, -0.1) is 0 Å². The number of hydrogen-bond donors (Lipinski definition) is 2. The molecule has 0 saturated carbocycles. The molecular formula is C20H22N2O5. The van der Waals surface area contributed by atoms with Crippen molar-refractivity contribution in [1.82, 2.24) is 0 Å². The van der Waals surface area contributed by atoms with Gasteiger partial charge in [0.05, 0.1) is 18.9 Å². The van der Waals surface area contributed by atoms with Gasteiger partial charge in [0.15, 0.2) is 6.61 Å². The number of benzene rings is 2. The van der Waals surface area contributed by atoms with Crippen LogP contribution in [-0.2, 0) is 9.59 Å². The van der Waals surface area contributed by atoms with Crippen LogP contribution in [0.3, 0.4) is 0 Å². The van der Waals surface area contributed by atoms with Gasteiger partial charge >= 0.3 is 0 Å². The van der Waals surface area contributed by atoms with Gasteiger partial charge in [0.25, 0.3) is 5.91 Å². The van der Waals surface area contributed by atoms with E-state index in [-0.39, 0.29) is 18.4 Å². The Kier molecular flexibility index (Phi) is 6.14. The molecule has 2 aromatic carbocycles. The van der Waals surface area contributed by atoms with Crippen LogP contribution in [0.4, 0.5) is 11.4 Å². The van der Waals surface area contributed by atoms with Crippen molar-refractivity contribution < 1.29 is 23.8 Å². The fourth-order valence-corrected chi connectivity index (χ4v) is 2.60. The van der Waals surface area contributed by atoms with E-state index < -0.39 is 0 Å². The highest BCUT2D eigenvalue weighted by Crippen LogP contribution is 2.30. The largest absolute Gasteiger partial charge is 0.494 e. The minimum Gasteiger partial charge on any atom is -0.494 e. The number of nitrogens with one attached hydrogen (secondary N) is 2. The molecule has 0 aliphatic carbocycles. The number of fused-ring (bicyclic) bond motifs is 1. The van der Waals surface area contributed by atoms with Crippen LogP contribution in [0.5, 0.6) is 17.2 Å². The van der Waals surface area contributed by atoms with Gasteiger partial charge in [-0.2, -0.15) is 0 Å². The zero-order chi connectivity index (χ0) is 19.1. The van der Waals surface area contributed by atoms with Crippen molar-refractivity contribution in [3.8, 4) is 17.2 Å². The van der Waals surface area contributed by atoms with Crippen molar-refractivity contribution >= 4 is 23.2 Å². The van der Waals surface area contributed by atoms with Crippen LogP contribution in [0.1, 0.15) is 19.8 Å². The van der Waals surface area contributed by atoms with E-state index in [1.807, 2.05) is 31.2 Å². The van der Waals surface area contributed by atoms with Gasteiger partial charge in [-0.05, 0) is 49.7 Å². The van der Waals surface area contributed by atoms with E-state index in [0.717, 1.165) is 11.5 Å². The first-order valence-electron chi connectivity index (χ1n) is 8.86. The molecule has 7 nitrogen and oxygen atoms in total. The van der Waals surface area contributed by atoms with Crippen LogP contribution in [0, 0.1) is 0 Å². The predicted molar refractivity (Wildman–Crippen MR) is 102 cm³/mol. The third-order valence-corrected chi connectivity index (χ3v) is 3.85. The summed E-state index contributed by atoms with van der Waals surface area (Å²) in [5.74, 6) is 1.80. The third kappa shape index (κ3) is 5.37. The van der Waals surface area contributed by atoms with E-state index in [9.17, 15) is 9.59 Å². The summed E-state index contributed by atoms with van der Waals surface area (Å²) >= 11 is 0. The molecule has 27 heavy (non-hydrogen) atoms. The van der Waals surface area contributed by atoms with Gasteiger partial charge in [0, 0.05) is 18.2 Å². The Morgan fingerprint density at radius 3 is 2.63 bits per heavy atom. The molecular weight excluding hydrogens is 348 g/mol. The molecule has 0 atom stereocenters. The number of carbonyl (C=O) groups excluding carboxylic acids is 2. The molecule has 0 saturated heterocycles. The maximum absolute atomic E-state index is 12.1. The Morgan fingerprint density at radius 2 is 1.89 bits per heavy atom. The van der Waals surface area contributed by atoms with Crippen LogP contribution >= 0.6 is 0 Å². The normalized spacial score (nSPS) is 12.4. The first kappa shape index (κ1) is 18.6. The molecule has 2 aromatic rings. The Bertz CT molecular complexity index is 805. The second kappa shape index (κ2) is 8.93. The first-order valence-corrected chi connectivity index (χ1v) is 8.86. The highest BCUT2D eigenvalue weighted by atomic mass is 16.5. The van der Waals surface area contributed by atoms with E-state index in [4.69, 9.17) is 14.2 Å². The summed E-state index contributed by atoms with van der Waals surface area (Å²) in [4.78, 5) is 23.3. The minimum atomic E-state index is -0.188. The van der Waals surface area contributed by atoms with E-state index in [1.54, 1.807) is 18.2 Å². The predicted octanol–water partition coefficient (Wildman–Crippen LogP) is 3.21. The zero-order valence-electron chi connectivity index (χ0n) is 15.1. The minimum absolute atomic E-state index is 0.0205. The van der Waals surface area contributed by atoms with E-state index in [1.165, 1.54) is 0 Å². The van der Waals surface area contributed by atoms with Gasteiger partial charge in [0.1, 0.15) is 17.2 Å². The Labute approximate surface area is 157 Å². The van der Waals surface area contributed by atoms with Crippen LogP contribution in [-0.4, -0.2) is 31.6 Å². The van der Waals surface area contributed by atoms with Crippen molar-refractivity contribution in [3.05, 3.63) is 42.5 Å². The van der Waals surface area contributed by atoms with Gasteiger partial charge in [-0.1, -0.05) is 0 Å². The average molecular weight is 370 g/mol. The van der Waals surface area contributed by atoms with E-state index in [2.05, 4.69) is 10.6 Å². The van der Waals surface area contributed by atoms with Crippen LogP contribution in [0.15, 0.2) is 42.5 Å². The zero-order valence-corrected chi connectivity index (χ0v) is 15.1. The van der Waals surface area contributed by atoms with Gasteiger partial charge in [-0.3, -0.25) is 9.59 Å². The van der Waals surface area contributed by atoms with Crippen LogP contribution in [0.2, 0.25) is 0 Å². The lowest BCUT2D eigenvalue weighted by molar-refractivity contribution is -0.118. The molecule has 1 aliphatic heterocycles. The van der Waals surface area contributed by atoms with E-state index >= 15 is 0 Å². The Morgan fingerprint density at radius 1 is 1.15 bits per heavy atom. The number of anilines is 2. The quantitative estimate of drug-likeness (QED) is 0.697. The van der Waals surface area contributed by atoms with Crippen molar-refractivity contribution in [2.75, 3.05) is 30.5 Å². The number of carbonyl (C=O) groups is 2. The number of hydrogen-bond acceptors (Lipinski definition) is 5. The van der Waals surface area contributed by atoms with Gasteiger partial charge < -0.3 is 24.8 Å². The molecule has 2 amide bonds. The molecule has 0 spiro atoms.